The van der Waals surface area contributed by atoms with Crippen molar-refractivity contribution in [3.8, 4) is 5.75 Å². The molecule has 1 N–H and O–H groups in total. The highest BCUT2D eigenvalue weighted by atomic mass is 19.1. The molecule has 158 valence electrons. The van der Waals surface area contributed by atoms with Gasteiger partial charge >= 0.3 is 0 Å². The second-order valence-corrected chi connectivity index (χ2v) is 8.22. The van der Waals surface area contributed by atoms with Crippen LogP contribution in [0.3, 0.4) is 0 Å². The van der Waals surface area contributed by atoms with Gasteiger partial charge in [-0.3, -0.25) is 4.90 Å². The summed E-state index contributed by atoms with van der Waals surface area (Å²) in [6.07, 6.45) is 2.08. The number of aliphatic hydroxyl groups excluding tert-OH is 1. The minimum atomic E-state index is -0.586. The van der Waals surface area contributed by atoms with Gasteiger partial charge in [-0.05, 0) is 49.6 Å². The zero-order valence-corrected chi connectivity index (χ0v) is 17.1. The van der Waals surface area contributed by atoms with Crippen molar-refractivity contribution in [3.05, 3.63) is 71.4 Å². The Labute approximate surface area is 175 Å². The Bertz CT molecular complexity index is 1040. The van der Waals surface area contributed by atoms with Crippen LogP contribution in [0.15, 0.2) is 48.5 Å². The lowest BCUT2D eigenvalue weighted by atomic mass is 9.75. The summed E-state index contributed by atoms with van der Waals surface area (Å²) in [5.74, 6) is -0.398. The minimum Gasteiger partial charge on any atom is -0.494 e. The van der Waals surface area contributed by atoms with Crippen molar-refractivity contribution >= 4 is 10.9 Å². The summed E-state index contributed by atoms with van der Waals surface area (Å²) >= 11 is 0. The first kappa shape index (κ1) is 20.7. The van der Waals surface area contributed by atoms with Gasteiger partial charge in [-0.25, -0.2) is 13.8 Å². The summed E-state index contributed by atoms with van der Waals surface area (Å²) in [6, 6.07) is 13.6. The van der Waals surface area contributed by atoms with E-state index >= 15 is 0 Å². The normalized spacial score (nSPS) is 19.9. The lowest BCUT2D eigenvalue weighted by Crippen LogP contribution is -2.46. The third-order valence-corrected chi connectivity index (χ3v) is 6.00. The number of aromatic nitrogens is 1. The Morgan fingerprint density at radius 3 is 2.80 bits per heavy atom. The number of para-hydroxylation sites is 1. The predicted octanol–water partition coefficient (Wildman–Crippen LogP) is 4.34. The molecule has 0 aliphatic carbocycles. The molecule has 30 heavy (non-hydrogen) atoms. The lowest BCUT2D eigenvalue weighted by molar-refractivity contribution is 0.0278. The molecule has 2 aromatic carbocycles. The minimum absolute atomic E-state index is 0.0424. The summed E-state index contributed by atoms with van der Waals surface area (Å²) in [5, 5.41) is 11.2. The van der Waals surface area contributed by atoms with Crippen LogP contribution in [0.5, 0.6) is 5.75 Å². The molecular weight excluding hydrogens is 386 g/mol. The third-order valence-electron chi connectivity index (χ3n) is 6.00. The largest absolute Gasteiger partial charge is 0.494 e. The fourth-order valence-electron chi connectivity index (χ4n) is 4.49. The van der Waals surface area contributed by atoms with E-state index in [0.717, 1.165) is 47.8 Å². The first-order chi connectivity index (χ1) is 14.5. The monoisotopic (exact) mass is 412 g/mol. The number of hydrogen-bond donors (Lipinski definition) is 1. The van der Waals surface area contributed by atoms with Crippen molar-refractivity contribution in [2.24, 2.45) is 5.41 Å². The average Bonchev–Trinajstić information content (AvgIpc) is 2.75. The summed E-state index contributed by atoms with van der Waals surface area (Å²) in [6.45, 7) is 2.12. The van der Waals surface area contributed by atoms with Crippen molar-refractivity contribution < 1.29 is 18.6 Å². The maximum Gasteiger partial charge on any atom is 0.145 e. The van der Waals surface area contributed by atoms with E-state index in [9.17, 15) is 13.9 Å². The molecule has 0 radical (unpaired) electrons. The molecule has 0 bridgehead atoms. The van der Waals surface area contributed by atoms with Crippen LogP contribution in [0, 0.1) is 17.0 Å². The highest BCUT2D eigenvalue weighted by Crippen LogP contribution is 2.35. The fraction of sp³-hybridized carbons (Fsp3) is 0.375. The maximum atomic E-state index is 14.2. The summed E-state index contributed by atoms with van der Waals surface area (Å²) in [4.78, 5) is 7.05. The molecule has 1 unspecified atom stereocenters. The average molecular weight is 412 g/mol. The van der Waals surface area contributed by atoms with Crippen molar-refractivity contribution in [3.63, 3.8) is 0 Å². The van der Waals surface area contributed by atoms with Gasteiger partial charge in [0.15, 0.2) is 0 Å². The van der Waals surface area contributed by atoms with Crippen molar-refractivity contribution in [2.45, 2.75) is 25.8 Å². The summed E-state index contributed by atoms with van der Waals surface area (Å²) < 4.78 is 32.9. The Morgan fingerprint density at radius 1 is 1.17 bits per heavy atom. The van der Waals surface area contributed by atoms with Gasteiger partial charge in [-0.2, -0.15) is 0 Å². The van der Waals surface area contributed by atoms with E-state index in [1.54, 1.807) is 7.11 Å². The summed E-state index contributed by atoms with van der Waals surface area (Å²) in [5.41, 5.74) is 1.75. The smallest absolute Gasteiger partial charge is 0.145 e. The number of halogens is 2. The first-order valence-corrected chi connectivity index (χ1v) is 10.2. The number of piperidine rings is 1. The number of hydrogen-bond acceptors (Lipinski definition) is 4. The molecule has 2 heterocycles. The van der Waals surface area contributed by atoms with Crippen molar-refractivity contribution in [2.75, 3.05) is 26.8 Å². The molecule has 1 fully saturated rings. The van der Waals surface area contributed by atoms with Gasteiger partial charge in [0.25, 0.3) is 0 Å². The number of rotatable bonds is 6. The van der Waals surface area contributed by atoms with Crippen LogP contribution >= 0.6 is 0 Å². The molecule has 4 rings (SSSR count). The third kappa shape index (κ3) is 4.30. The van der Waals surface area contributed by atoms with Crippen molar-refractivity contribution in [1.82, 2.24) is 9.88 Å². The van der Waals surface area contributed by atoms with Gasteiger partial charge in [0.05, 0.1) is 19.4 Å². The second-order valence-electron chi connectivity index (χ2n) is 8.22. The van der Waals surface area contributed by atoms with Gasteiger partial charge in [0, 0.05) is 30.0 Å². The van der Waals surface area contributed by atoms with E-state index in [1.807, 2.05) is 30.3 Å². The Morgan fingerprint density at radius 2 is 2.03 bits per heavy atom. The standard InChI is InChI=1S/C24H26F2N2O2/c1-30-22-5-2-4-17-7-9-20(27-23(17)22)14-28-11-3-10-24(15-28,16-29)13-18-6-8-19(25)12-21(18)26/h2,4-9,12,29H,3,10-11,13-16H2,1H3. The number of likely N-dealkylation sites (tertiary alicyclic amines) is 1. The number of nitrogens with zero attached hydrogens (tertiary/aromatic N) is 2. The van der Waals surface area contributed by atoms with Gasteiger partial charge in [-0.1, -0.05) is 24.3 Å². The van der Waals surface area contributed by atoms with E-state index in [1.165, 1.54) is 12.1 Å². The number of methoxy groups -OCH3 is 1. The highest BCUT2D eigenvalue weighted by molar-refractivity contribution is 5.84. The lowest BCUT2D eigenvalue weighted by Gasteiger charge is -2.42. The second kappa shape index (κ2) is 8.66. The topological polar surface area (TPSA) is 45.6 Å². The first-order valence-electron chi connectivity index (χ1n) is 10.2. The molecule has 0 amide bonds. The Balaban J connectivity index is 1.53. The molecular formula is C24H26F2N2O2. The number of fused-ring (bicyclic) bond motifs is 1. The maximum absolute atomic E-state index is 14.2. The van der Waals surface area contributed by atoms with E-state index in [4.69, 9.17) is 9.72 Å². The zero-order valence-electron chi connectivity index (χ0n) is 17.1. The van der Waals surface area contributed by atoms with E-state index in [-0.39, 0.29) is 6.61 Å². The number of benzene rings is 2. The molecule has 1 atom stereocenters. The van der Waals surface area contributed by atoms with E-state index < -0.39 is 17.0 Å². The van der Waals surface area contributed by atoms with Crippen LogP contribution in [0.1, 0.15) is 24.1 Å². The zero-order chi connectivity index (χ0) is 21.1. The van der Waals surface area contributed by atoms with Gasteiger partial charge < -0.3 is 9.84 Å². The van der Waals surface area contributed by atoms with E-state index in [2.05, 4.69) is 4.90 Å². The molecule has 6 heteroatoms. The molecule has 1 aliphatic heterocycles. The van der Waals surface area contributed by atoms with Crippen LogP contribution in [0.4, 0.5) is 8.78 Å². The SMILES string of the molecule is COc1cccc2ccc(CN3CCCC(CO)(Cc4ccc(F)cc4F)C3)nc12. The van der Waals surface area contributed by atoms with Gasteiger partial charge in [0.1, 0.15) is 22.9 Å². The molecule has 0 saturated carbocycles. The van der Waals surface area contributed by atoms with Crippen LogP contribution in [-0.2, 0) is 13.0 Å². The molecule has 1 aliphatic rings. The summed E-state index contributed by atoms with van der Waals surface area (Å²) in [7, 11) is 1.64. The Kier molecular flexibility index (Phi) is 5.97. The molecule has 1 saturated heterocycles. The van der Waals surface area contributed by atoms with Crippen LogP contribution in [-0.4, -0.2) is 41.8 Å². The highest BCUT2D eigenvalue weighted by Gasteiger charge is 2.36. The quantitative estimate of drug-likeness (QED) is 0.654. The van der Waals surface area contributed by atoms with Crippen LogP contribution < -0.4 is 4.74 Å². The van der Waals surface area contributed by atoms with Crippen molar-refractivity contribution in [1.29, 1.82) is 0 Å². The molecule has 0 spiro atoms. The number of ether oxygens (including phenoxy) is 1. The molecule has 4 nitrogen and oxygen atoms in total. The van der Waals surface area contributed by atoms with Gasteiger partial charge in [-0.15, -0.1) is 0 Å². The molecule has 1 aromatic heterocycles. The van der Waals surface area contributed by atoms with Crippen LogP contribution in [0.2, 0.25) is 0 Å². The number of pyridine rings is 1. The number of aliphatic hydroxyl groups is 1. The fourth-order valence-corrected chi connectivity index (χ4v) is 4.49. The van der Waals surface area contributed by atoms with E-state index in [0.29, 0.717) is 25.1 Å². The van der Waals surface area contributed by atoms with Gasteiger partial charge in [0.2, 0.25) is 0 Å². The Hall–Kier alpha value is -2.57. The predicted molar refractivity (Wildman–Crippen MR) is 112 cm³/mol. The molecule has 3 aromatic rings. The van der Waals surface area contributed by atoms with Crippen LogP contribution in [0.25, 0.3) is 10.9 Å².